The van der Waals surface area contributed by atoms with Gasteiger partial charge in [-0.3, -0.25) is 0 Å². The first-order valence-corrected chi connectivity index (χ1v) is 3.55. The van der Waals surface area contributed by atoms with Crippen molar-refractivity contribution in [2.24, 2.45) is 5.16 Å². The molecule has 0 unspecified atom stereocenters. The van der Waals surface area contributed by atoms with Crippen LogP contribution in [0.25, 0.3) is 0 Å². The second-order valence-corrected chi connectivity index (χ2v) is 2.49. The third-order valence-corrected chi connectivity index (χ3v) is 1.66. The van der Waals surface area contributed by atoms with E-state index < -0.39 is 0 Å². The van der Waals surface area contributed by atoms with Gasteiger partial charge in [-0.15, -0.1) is 0 Å². The summed E-state index contributed by atoms with van der Waals surface area (Å²) in [4.78, 5) is 0. The van der Waals surface area contributed by atoms with E-state index in [0.29, 0.717) is 5.15 Å². The van der Waals surface area contributed by atoms with Gasteiger partial charge in [-0.05, 0) is 23.7 Å². The molecular formula is C6H5Cl2N2O+. The van der Waals surface area contributed by atoms with E-state index in [0.717, 1.165) is 0 Å². The Morgan fingerprint density at radius 2 is 2.27 bits per heavy atom. The van der Waals surface area contributed by atoms with Gasteiger partial charge >= 0.3 is 5.29 Å². The zero-order chi connectivity index (χ0) is 8.27. The van der Waals surface area contributed by atoms with Crippen LogP contribution in [-0.2, 0) is 0 Å². The highest BCUT2D eigenvalue weighted by atomic mass is 35.5. The lowest BCUT2D eigenvalue weighted by molar-refractivity contribution is -0.549. The fourth-order valence-corrected chi connectivity index (χ4v) is 1.02. The first kappa shape index (κ1) is 8.30. The molecule has 0 atom stereocenters. The molecule has 0 saturated heterocycles. The van der Waals surface area contributed by atoms with Gasteiger partial charge < -0.3 is 5.21 Å². The van der Waals surface area contributed by atoms with Crippen LogP contribution in [0.15, 0.2) is 29.6 Å². The Bertz CT molecular complexity index is 288. The van der Waals surface area contributed by atoms with Gasteiger partial charge in [0.05, 0.1) is 6.20 Å². The van der Waals surface area contributed by atoms with Gasteiger partial charge in [0.25, 0.3) is 0 Å². The number of oxime groups is 1. The van der Waals surface area contributed by atoms with Gasteiger partial charge in [0, 0.05) is 11.6 Å². The van der Waals surface area contributed by atoms with Gasteiger partial charge in [-0.2, -0.15) is 4.57 Å². The summed E-state index contributed by atoms with van der Waals surface area (Å²) < 4.78 is 1.34. The van der Waals surface area contributed by atoms with Gasteiger partial charge in [-0.25, -0.2) is 0 Å². The molecule has 1 N–H and O–H groups in total. The van der Waals surface area contributed by atoms with E-state index in [1.165, 1.54) is 4.57 Å². The van der Waals surface area contributed by atoms with Gasteiger partial charge in [0.15, 0.2) is 5.16 Å². The van der Waals surface area contributed by atoms with Crippen LogP contribution < -0.4 is 4.57 Å². The molecular weight excluding hydrogens is 187 g/mol. The first-order valence-electron chi connectivity index (χ1n) is 2.80. The number of aromatic nitrogens is 1. The molecule has 5 heteroatoms. The van der Waals surface area contributed by atoms with Crippen molar-refractivity contribution in [3.63, 3.8) is 0 Å². The summed E-state index contributed by atoms with van der Waals surface area (Å²) in [6.45, 7) is 0. The molecule has 0 amide bonds. The fourth-order valence-electron chi connectivity index (χ4n) is 0.620. The molecule has 0 aliphatic heterocycles. The van der Waals surface area contributed by atoms with Crippen molar-refractivity contribution in [1.29, 1.82) is 0 Å². The molecule has 3 nitrogen and oxygen atoms in total. The van der Waals surface area contributed by atoms with Gasteiger partial charge in [0.1, 0.15) is 0 Å². The van der Waals surface area contributed by atoms with E-state index in [4.69, 9.17) is 28.4 Å². The number of rotatable bonds is 0. The molecule has 0 saturated carbocycles. The summed E-state index contributed by atoms with van der Waals surface area (Å²) in [5.74, 6) is 0. The molecule has 1 aromatic rings. The standard InChI is InChI=1S/C6H4Cl2N2O/c7-5-3-1-2-4-10(5)6(8)9-11/h1-4H/p+1/b9-6+. The number of pyridine rings is 1. The minimum Gasteiger partial charge on any atom is -0.312 e. The number of nitrogens with zero attached hydrogens (tertiary/aromatic N) is 2. The number of hydrogen-bond donors (Lipinski definition) is 1. The molecule has 1 aromatic heterocycles. The van der Waals surface area contributed by atoms with Crippen LogP contribution in [0, 0.1) is 0 Å². The minimum absolute atomic E-state index is 0.0874. The Kier molecular flexibility index (Phi) is 2.68. The summed E-state index contributed by atoms with van der Waals surface area (Å²) in [5.41, 5.74) is 0. The maximum atomic E-state index is 8.29. The molecule has 0 radical (unpaired) electrons. The summed E-state index contributed by atoms with van der Waals surface area (Å²) in [5, 5.41) is 11.4. The van der Waals surface area contributed by atoms with Crippen LogP contribution in [0.1, 0.15) is 0 Å². The van der Waals surface area contributed by atoms with Crippen LogP contribution in [0.3, 0.4) is 0 Å². The second kappa shape index (κ2) is 3.55. The molecule has 0 fully saturated rings. The van der Waals surface area contributed by atoms with Crippen molar-refractivity contribution in [2.45, 2.75) is 0 Å². The molecule has 0 spiro atoms. The third kappa shape index (κ3) is 1.82. The lowest BCUT2D eigenvalue weighted by Crippen LogP contribution is -2.40. The highest BCUT2D eigenvalue weighted by Crippen LogP contribution is 1.99. The summed E-state index contributed by atoms with van der Waals surface area (Å²) >= 11 is 11.2. The van der Waals surface area contributed by atoms with Crippen LogP contribution in [0.5, 0.6) is 0 Å². The fraction of sp³-hybridized carbons (Fsp3) is 0. The van der Waals surface area contributed by atoms with E-state index in [9.17, 15) is 0 Å². The molecule has 0 bridgehead atoms. The van der Waals surface area contributed by atoms with Crippen LogP contribution in [0.2, 0.25) is 5.15 Å². The van der Waals surface area contributed by atoms with E-state index in [2.05, 4.69) is 5.16 Å². The van der Waals surface area contributed by atoms with Crippen LogP contribution in [-0.4, -0.2) is 10.5 Å². The Hall–Kier alpha value is -0.800. The summed E-state index contributed by atoms with van der Waals surface area (Å²) in [6, 6.07) is 5.11. The minimum atomic E-state index is -0.0874. The molecule has 1 heterocycles. The van der Waals surface area contributed by atoms with Gasteiger partial charge in [-0.1, -0.05) is 6.07 Å². The number of hydrogen-bond acceptors (Lipinski definition) is 2. The van der Waals surface area contributed by atoms with Crippen molar-refractivity contribution in [1.82, 2.24) is 0 Å². The Morgan fingerprint density at radius 3 is 2.82 bits per heavy atom. The SMILES string of the molecule is O/N=C(\Cl)[n+]1ccccc1Cl. The van der Waals surface area contributed by atoms with Crippen LogP contribution in [0.4, 0.5) is 0 Å². The van der Waals surface area contributed by atoms with Crippen LogP contribution >= 0.6 is 23.2 Å². The first-order chi connectivity index (χ1) is 5.25. The maximum absolute atomic E-state index is 8.29. The zero-order valence-electron chi connectivity index (χ0n) is 5.41. The average Bonchev–Trinajstić information content (AvgIpc) is 2.04. The molecule has 0 aromatic carbocycles. The van der Waals surface area contributed by atoms with E-state index in [-0.39, 0.29) is 5.29 Å². The van der Waals surface area contributed by atoms with E-state index in [1.807, 2.05) is 0 Å². The van der Waals surface area contributed by atoms with Crippen molar-refractivity contribution in [2.75, 3.05) is 0 Å². The normalized spacial score (nSPS) is 11.6. The lowest BCUT2D eigenvalue weighted by atomic mass is 10.5. The largest absolute Gasteiger partial charge is 0.446 e. The van der Waals surface area contributed by atoms with Crippen molar-refractivity contribution < 1.29 is 9.77 Å². The molecule has 58 valence electrons. The van der Waals surface area contributed by atoms with E-state index in [1.54, 1.807) is 24.4 Å². The Labute approximate surface area is 73.5 Å². The van der Waals surface area contributed by atoms with E-state index >= 15 is 0 Å². The smallest absolute Gasteiger partial charge is 0.312 e. The van der Waals surface area contributed by atoms with Crippen molar-refractivity contribution >= 4 is 28.5 Å². The predicted molar refractivity (Wildman–Crippen MR) is 42.1 cm³/mol. The molecule has 11 heavy (non-hydrogen) atoms. The van der Waals surface area contributed by atoms with Crippen molar-refractivity contribution in [3.8, 4) is 0 Å². The summed E-state index contributed by atoms with van der Waals surface area (Å²) in [7, 11) is 0. The highest BCUT2D eigenvalue weighted by Gasteiger charge is 2.11. The summed E-state index contributed by atoms with van der Waals surface area (Å²) in [6.07, 6.45) is 1.59. The second-order valence-electron chi connectivity index (χ2n) is 1.76. The zero-order valence-corrected chi connectivity index (χ0v) is 6.92. The quantitative estimate of drug-likeness (QED) is 0.166. The Balaban J connectivity index is 3.14. The topological polar surface area (TPSA) is 36.5 Å². The molecule has 0 aliphatic carbocycles. The monoisotopic (exact) mass is 191 g/mol. The molecule has 1 rings (SSSR count). The predicted octanol–water partition coefficient (Wildman–Crippen LogP) is 1.46. The Morgan fingerprint density at radius 1 is 1.55 bits per heavy atom. The van der Waals surface area contributed by atoms with Gasteiger partial charge in [0.2, 0.25) is 5.15 Å². The number of halogens is 2. The third-order valence-electron chi connectivity index (χ3n) is 1.09. The maximum Gasteiger partial charge on any atom is 0.446 e. The van der Waals surface area contributed by atoms with Crippen molar-refractivity contribution in [3.05, 3.63) is 29.5 Å². The highest BCUT2D eigenvalue weighted by molar-refractivity contribution is 6.61. The average molecular weight is 192 g/mol. The lowest BCUT2D eigenvalue weighted by Gasteiger charge is -1.92. The molecule has 0 aliphatic rings.